The molecule has 0 amide bonds. The summed E-state index contributed by atoms with van der Waals surface area (Å²) in [6.45, 7) is 1.40. The zero-order valence-electron chi connectivity index (χ0n) is 16.9. The van der Waals surface area contributed by atoms with E-state index in [4.69, 9.17) is 17.0 Å². The number of thiocarbonyl (C=S) groups is 1. The molecule has 8 heteroatoms. The number of sulfonamides is 1. The largest absolute Gasteiger partial charge is 0.385 e. The van der Waals surface area contributed by atoms with Gasteiger partial charge in [0.1, 0.15) is 0 Å². The van der Waals surface area contributed by atoms with E-state index < -0.39 is 10.0 Å². The molecule has 0 radical (unpaired) electrons. The van der Waals surface area contributed by atoms with E-state index in [9.17, 15) is 8.42 Å². The summed E-state index contributed by atoms with van der Waals surface area (Å²) in [5.74, 6) is 2.11. The Kier molecular flexibility index (Phi) is 6.16. The summed E-state index contributed by atoms with van der Waals surface area (Å²) < 4.78 is 34.3. The van der Waals surface area contributed by atoms with Crippen molar-refractivity contribution in [3.05, 3.63) is 24.3 Å². The molecule has 0 spiro atoms. The van der Waals surface area contributed by atoms with Gasteiger partial charge in [-0.05, 0) is 99.2 Å². The fourth-order valence-corrected chi connectivity index (χ4v) is 7.54. The van der Waals surface area contributed by atoms with Crippen molar-refractivity contribution in [2.75, 3.05) is 25.6 Å². The minimum Gasteiger partial charge on any atom is -0.385 e. The fraction of sp³-hybridized carbons (Fsp3) is 0.667. The lowest BCUT2D eigenvalue weighted by Gasteiger charge is -2.56. The number of ether oxygens (including phenoxy) is 1. The number of methoxy groups -OCH3 is 1. The smallest absolute Gasteiger partial charge is 0.241 e. The minimum absolute atomic E-state index is 0.224. The predicted molar refractivity (Wildman–Crippen MR) is 118 cm³/mol. The maximum atomic E-state index is 13.1. The van der Waals surface area contributed by atoms with Crippen LogP contribution in [0.25, 0.3) is 0 Å². The van der Waals surface area contributed by atoms with Crippen molar-refractivity contribution >= 4 is 33.0 Å². The Balaban J connectivity index is 1.36. The Hall–Kier alpha value is -1.22. The molecule has 1 aromatic rings. The van der Waals surface area contributed by atoms with E-state index in [1.54, 1.807) is 31.4 Å². The SMILES string of the molecule is COCCCNC(=S)Nc1ccc(S(=O)(=O)NC23CC4CC(CC(C4)C2)C3)cc1. The van der Waals surface area contributed by atoms with Gasteiger partial charge in [-0.2, -0.15) is 0 Å². The van der Waals surface area contributed by atoms with Crippen molar-refractivity contribution in [2.45, 2.75) is 55.4 Å². The molecule has 4 aliphatic rings. The zero-order chi connectivity index (χ0) is 20.5. The molecule has 0 aliphatic heterocycles. The Morgan fingerprint density at radius 1 is 1.10 bits per heavy atom. The van der Waals surface area contributed by atoms with E-state index in [1.807, 2.05) is 0 Å². The van der Waals surface area contributed by atoms with Crippen LogP contribution >= 0.6 is 12.2 Å². The van der Waals surface area contributed by atoms with Crippen molar-refractivity contribution in [3.63, 3.8) is 0 Å². The van der Waals surface area contributed by atoms with Crippen LogP contribution in [0.2, 0.25) is 0 Å². The standard InChI is InChI=1S/C21H31N3O3S2/c1-27-8-2-7-22-20(28)23-18-3-5-19(6-4-18)29(25,26)24-21-12-15-9-16(13-21)11-17(10-15)14-21/h3-6,15-17,24H,2,7-14H2,1H3,(H2,22,23,28). The molecule has 4 bridgehead atoms. The first-order valence-electron chi connectivity index (χ1n) is 10.6. The molecule has 4 fully saturated rings. The molecule has 0 unspecified atom stereocenters. The van der Waals surface area contributed by atoms with Crippen molar-refractivity contribution in [1.29, 1.82) is 0 Å². The van der Waals surface area contributed by atoms with Crippen molar-refractivity contribution in [2.24, 2.45) is 17.8 Å². The molecule has 29 heavy (non-hydrogen) atoms. The number of hydrogen-bond donors (Lipinski definition) is 3. The molecular formula is C21H31N3O3S2. The fourth-order valence-electron chi connectivity index (χ4n) is 5.89. The van der Waals surface area contributed by atoms with E-state index in [0.717, 1.165) is 37.9 Å². The number of hydrogen-bond acceptors (Lipinski definition) is 4. The van der Waals surface area contributed by atoms with Crippen LogP contribution in [-0.2, 0) is 14.8 Å². The van der Waals surface area contributed by atoms with Crippen LogP contribution in [0, 0.1) is 17.8 Å². The van der Waals surface area contributed by atoms with Gasteiger partial charge in [0.05, 0.1) is 4.90 Å². The van der Waals surface area contributed by atoms with Gasteiger partial charge >= 0.3 is 0 Å². The van der Waals surface area contributed by atoms with Crippen LogP contribution in [-0.4, -0.2) is 39.3 Å². The molecule has 4 aliphatic carbocycles. The molecule has 3 N–H and O–H groups in total. The van der Waals surface area contributed by atoms with Crippen LogP contribution in [0.4, 0.5) is 5.69 Å². The second-order valence-electron chi connectivity index (χ2n) is 9.06. The van der Waals surface area contributed by atoms with E-state index in [1.165, 1.54) is 19.3 Å². The molecule has 0 aromatic heterocycles. The van der Waals surface area contributed by atoms with Gasteiger partial charge in [0.25, 0.3) is 0 Å². The van der Waals surface area contributed by atoms with E-state index in [-0.39, 0.29) is 5.54 Å². The normalized spacial score (nSPS) is 30.3. The number of rotatable bonds is 8. The summed E-state index contributed by atoms with van der Waals surface area (Å²) in [5.41, 5.74) is 0.543. The second kappa shape index (κ2) is 8.49. The monoisotopic (exact) mass is 437 g/mol. The lowest BCUT2D eigenvalue weighted by atomic mass is 9.53. The highest BCUT2D eigenvalue weighted by Crippen LogP contribution is 2.55. The van der Waals surface area contributed by atoms with Gasteiger partial charge in [0.15, 0.2) is 5.11 Å². The van der Waals surface area contributed by atoms with E-state index in [0.29, 0.717) is 34.4 Å². The number of anilines is 1. The molecule has 0 saturated heterocycles. The highest BCUT2D eigenvalue weighted by atomic mass is 32.2. The van der Waals surface area contributed by atoms with Crippen LogP contribution < -0.4 is 15.4 Å². The Bertz CT molecular complexity index is 804. The molecular weight excluding hydrogens is 406 g/mol. The second-order valence-corrected chi connectivity index (χ2v) is 11.1. The first kappa shape index (κ1) is 21.0. The summed E-state index contributed by atoms with van der Waals surface area (Å²) in [6, 6.07) is 6.83. The molecule has 0 heterocycles. The van der Waals surface area contributed by atoms with Crippen molar-refractivity contribution in [1.82, 2.24) is 10.0 Å². The van der Waals surface area contributed by atoms with Gasteiger partial charge < -0.3 is 15.4 Å². The third kappa shape index (κ3) is 4.93. The van der Waals surface area contributed by atoms with E-state index in [2.05, 4.69) is 15.4 Å². The Labute approximate surface area is 179 Å². The molecule has 160 valence electrons. The van der Waals surface area contributed by atoms with Crippen LogP contribution in [0.1, 0.15) is 44.9 Å². The van der Waals surface area contributed by atoms with Crippen molar-refractivity contribution in [3.8, 4) is 0 Å². The van der Waals surface area contributed by atoms with Gasteiger partial charge in [0.2, 0.25) is 10.0 Å². The summed E-state index contributed by atoms with van der Waals surface area (Å²) in [4.78, 5) is 0.317. The van der Waals surface area contributed by atoms with Gasteiger partial charge in [-0.3, -0.25) is 0 Å². The van der Waals surface area contributed by atoms with E-state index >= 15 is 0 Å². The topological polar surface area (TPSA) is 79.5 Å². The summed E-state index contributed by atoms with van der Waals surface area (Å²) >= 11 is 5.27. The molecule has 5 rings (SSSR count). The third-order valence-electron chi connectivity index (χ3n) is 6.62. The lowest BCUT2D eigenvalue weighted by molar-refractivity contribution is -0.00810. The zero-order valence-corrected chi connectivity index (χ0v) is 18.6. The number of benzene rings is 1. The van der Waals surface area contributed by atoms with Gasteiger partial charge in [-0.1, -0.05) is 0 Å². The molecule has 1 aromatic carbocycles. The summed E-state index contributed by atoms with van der Waals surface area (Å²) in [6.07, 6.45) is 7.75. The Morgan fingerprint density at radius 2 is 1.69 bits per heavy atom. The molecule has 4 saturated carbocycles. The number of nitrogens with one attached hydrogen (secondary N) is 3. The summed E-state index contributed by atoms with van der Waals surface area (Å²) in [5, 5.41) is 6.71. The van der Waals surface area contributed by atoms with Gasteiger partial charge in [-0.25, -0.2) is 13.1 Å². The first-order chi connectivity index (χ1) is 13.9. The maximum Gasteiger partial charge on any atom is 0.241 e. The van der Waals surface area contributed by atoms with Crippen LogP contribution in [0.15, 0.2) is 29.2 Å². The quantitative estimate of drug-likeness (QED) is 0.428. The highest BCUT2D eigenvalue weighted by Gasteiger charge is 2.52. The third-order valence-corrected chi connectivity index (χ3v) is 8.46. The molecule has 0 atom stereocenters. The first-order valence-corrected chi connectivity index (χ1v) is 12.4. The molecule has 6 nitrogen and oxygen atoms in total. The van der Waals surface area contributed by atoms with Gasteiger partial charge in [0, 0.05) is 31.5 Å². The van der Waals surface area contributed by atoms with Crippen LogP contribution in [0.3, 0.4) is 0 Å². The van der Waals surface area contributed by atoms with Crippen molar-refractivity contribution < 1.29 is 13.2 Å². The van der Waals surface area contributed by atoms with Crippen LogP contribution in [0.5, 0.6) is 0 Å². The Morgan fingerprint density at radius 3 is 2.24 bits per heavy atom. The average molecular weight is 438 g/mol. The maximum absolute atomic E-state index is 13.1. The minimum atomic E-state index is -3.53. The van der Waals surface area contributed by atoms with Gasteiger partial charge in [-0.15, -0.1) is 0 Å². The predicted octanol–water partition coefficient (Wildman–Crippen LogP) is 3.26. The highest BCUT2D eigenvalue weighted by molar-refractivity contribution is 7.89. The lowest BCUT2D eigenvalue weighted by Crippen LogP contribution is -2.59. The summed E-state index contributed by atoms with van der Waals surface area (Å²) in [7, 11) is -1.86. The average Bonchev–Trinajstić information content (AvgIpc) is 2.64.